The first kappa shape index (κ1) is 22.1. The number of thiazole rings is 1. The molecule has 4 aromatic rings. The zero-order valence-electron chi connectivity index (χ0n) is 16.0. The van der Waals surface area contributed by atoms with Gasteiger partial charge < -0.3 is 5.32 Å². The van der Waals surface area contributed by atoms with E-state index >= 15 is 0 Å². The summed E-state index contributed by atoms with van der Waals surface area (Å²) in [6.45, 7) is 0. The van der Waals surface area contributed by atoms with E-state index in [0.29, 0.717) is 21.3 Å². The van der Waals surface area contributed by atoms with Crippen LogP contribution in [0.25, 0.3) is 20.8 Å². The molecule has 2 N–H and O–H groups in total. The molecule has 0 aliphatic rings. The van der Waals surface area contributed by atoms with Gasteiger partial charge in [-0.15, -0.1) is 11.3 Å². The monoisotopic (exact) mass is 502 g/mol. The highest BCUT2D eigenvalue weighted by Gasteiger charge is 2.21. The van der Waals surface area contributed by atoms with E-state index in [1.54, 1.807) is 6.07 Å². The number of thiocarbonyl (C=S) groups is 1. The minimum absolute atomic E-state index is 0.0836. The molecule has 1 amide bonds. The Labute approximate surface area is 201 Å². The predicted molar refractivity (Wildman–Crippen MR) is 132 cm³/mol. The number of para-hydroxylation sites is 2. The van der Waals surface area contributed by atoms with Gasteiger partial charge in [-0.05, 0) is 42.5 Å². The van der Waals surface area contributed by atoms with Crippen LogP contribution in [-0.4, -0.2) is 20.9 Å². The zero-order chi connectivity index (χ0) is 22.8. The van der Waals surface area contributed by atoms with E-state index in [-0.39, 0.29) is 21.4 Å². The van der Waals surface area contributed by atoms with Gasteiger partial charge in [0.05, 0.1) is 25.8 Å². The molecule has 0 radical (unpaired) electrons. The highest BCUT2D eigenvalue weighted by molar-refractivity contribution is 7.80. The van der Waals surface area contributed by atoms with Crippen molar-refractivity contribution >= 4 is 79.4 Å². The largest absolute Gasteiger partial charge is 0.331 e. The summed E-state index contributed by atoms with van der Waals surface area (Å²) in [6.07, 6.45) is 0. The lowest BCUT2D eigenvalue weighted by molar-refractivity contribution is -0.385. The summed E-state index contributed by atoms with van der Waals surface area (Å²) < 4.78 is 0.983. The number of halogens is 2. The van der Waals surface area contributed by atoms with Crippen LogP contribution in [0.1, 0.15) is 10.4 Å². The molecule has 3 aromatic carbocycles. The molecule has 0 unspecified atom stereocenters. The normalized spacial score (nSPS) is 10.7. The van der Waals surface area contributed by atoms with Gasteiger partial charge in [0.1, 0.15) is 10.6 Å². The van der Waals surface area contributed by atoms with Crippen molar-refractivity contribution < 1.29 is 9.72 Å². The fraction of sp³-hybridized carbons (Fsp3) is 0. The second-order valence-corrected chi connectivity index (χ2v) is 8.76. The molecule has 0 saturated heterocycles. The van der Waals surface area contributed by atoms with E-state index < -0.39 is 10.8 Å². The van der Waals surface area contributed by atoms with Crippen LogP contribution in [0.4, 0.5) is 11.4 Å². The maximum Gasteiger partial charge on any atom is 0.282 e. The van der Waals surface area contributed by atoms with Gasteiger partial charge in [0.25, 0.3) is 11.6 Å². The van der Waals surface area contributed by atoms with E-state index in [2.05, 4.69) is 15.6 Å². The lowest BCUT2D eigenvalue weighted by atomic mass is 10.1. The zero-order valence-corrected chi connectivity index (χ0v) is 19.1. The molecule has 1 heterocycles. The summed E-state index contributed by atoms with van der Waals surface area (Å²) in [5.74, 6) is -0.721. The maximum absolute atomic E-state index is 12.6. The lowest BCUT2D eigenvalue weighted by Gasteiger charge is -2.14. The Balaban J connectivity index is 1.64. The smallest absolute Gasteiger partial charge is 0.282 e. The molecular weight excluding hydrogens is 491 g/mol. The molecule has 0 fully saturated rings. The molecule has 0 aliphatic carbocycles. The Hall–Kier alpha value is -3.11. The molecule has 32 heavy (non-hydrogen) atoms. The van der Waals surface area contributed by atoms with Gasteiger partial charge in [0.15, 0.2) is 5.11 Å². The van der Waals surface area contributed by atoms with Crippen LogP contribution < -0.4 is 10.6 Å². The van der Waals surface area contributed by atoms with Crippen LogP contribution in [0.2, 0.25) is 10.0 Å². The molecule has 0 saturated carbocycles. The van der Waals surface area contributed by atoms with Crippen LogP contribution >= 0.6 is 46.8 Å². The number of nitro benzene ring substituents is 1. The number of benzene rings is 3. The summed E-state index contributed by atoms with van der Waals surface area (Å²) >= 11 is 19.3. The number of anilines is 1. The van der Waals surface area contributed by atoms with E-state index in [9.17, 15) is 14.9 Å². The summed E-state index contributed by atoms with van der Waals surface area (Å²) in [5.41, 5.74) is 1.39. The minimum Gasteiger partial charge on any atom is -0.331 e. The molecule has 0 bridgehead atoms. The van der Waals surface area contributed by atoms with Crippen LogP contribution in [0, 0.1) is 10.1 Å². The summed E-state index contributed by atoms with van der Waals surface area (Å²) in [4.78, 5) is 27.8. The van der Waals surface area contributed by atoms with Crippen LogP contribution in [-0.2, 0) is 0 Å². The first-order valence-electron chi connectivity index (χ1n) is 9.04. The summed E-state index contributed by atoms with van der Waals surface area (Å²) in [7, 11) is 0. The second-order valence-electron chi connectivity index (χ2n) is 6.48. The van der Waals surface area contributed by atoms with Gasteiger partial charge in [-0.1, -0.05) is 47.5 Å². The fourth-order valence-corrected chi connectivity index (χ4v) is 4.72. The third-order valence-electron chi connectivity index (χ3n) is 4.39. The second kappa shape index (κ2) is 9.17. The molecule has 7 nitrogen and oxygen atoms in total. The van der Waals surface area contributed by atoms with Crippen LogP contribution in [0.15, 0.2) is 60.7 Å². The molecule has 0 atom stereocenters. The number of carbonyl (C=O) groups excluding carboxylic acids is 1. The minimum atomic E-state index is -0.721. The van der Waals surface area contributed by atoms with Gasteiger partial charge >= 0.3 is 0 Å². The fourth-order valence-electron chi connectivity index (χ4n) is 3.00. The van der Waals surface area contributed by atoms with Gasteiger partial charge in [0.2, 0.25) is 0 Å². The van der Waals surface area contributed by atoms with Crippen molar-refractivity contribution in [3.63, 3.8) is 0 Å². The van der Waals surface area contributed by atoms with Gasteiger partial charge in [0, 0.05) is 16.7 Å². The molecule has 11 heteroatoms. The van der Waals surface area contributed by atoms with E-state index in [4.69, 9.17) is 35.4 Å². The standard InChI is InChI=1S/C21H12Cl2N4O3S2/c22-11-9-13(20-24-15-6-2-4-8-17(15)32-20)18(14(23)10-11)25-21(31)26-19(28)12-5-1-3-7-16(12)27(29)30/h1-10H,(H2,25,26,28,31). The van der Waals surface area contributed by atoms with Crippen LogP contribution in [0.3, 0.4) is 0 Å². The highest BCUT2D eigenvalue weighted by atomic mass is 35.5. The van der Waals surface area contributed by atoms with E-state index in [0.717, 1.165) is 10.2 Å². The van der Waals surface area contributed by atoms with Crippen LogP contribution in [0.5, 0.6) is 0 Å². The van der Waals surface area contributed by atoms with Crippen molar-refractivity contribution in [1.29, 1.82) is 0 Å². The predicted octanol–water partition coefficient (Wildman–Crippen LogP) is 6.31. The number of hydrogen-bond donors (Lipinski definition) is 2. The Bertz CT molecular complexity index is 1360. The Morgan fingerprint density at radius 1 is 1.09 bits per heavy atom. The number of fused-ring (bicyclic) bond motifs is 1. The molecule has 1 aromatic heterocycles. The summed E-state index contributed by atoms with van der Waals surface area (Å²) in [5, 5.41) is 17.8. The molecular formula is C21H12Cl2N4O3S2. The number of aromatic nitrogens is 1. The van der Waals surface area contributed by atoms with Gasteiger partial charge in [-0.3, -0.25) is 20.2 Å². The van der Waals surface area contributed by atoms with Crippen molar-refractivity contribution in [1.82, 2.24) is 10.3 Å². The quantitative estimate of drug-likeness (QED) is 0.193. The molecule has 160 valence electrons. The van der Waals surface area contributed by atoms with E-state index in [1.165, 1.54) is 41.7 Å². The molecule has 4 rings (SSSR count). The van der Waals surface area contributed by atoms with Crippen molar-refractivity contribution in [2.24, 2.45) is 0 Å². The molecule has 0 aliphatic heterocycles. The number of nitrogens with one attached hydrogen (secondary N) is 2. The van der Waals surface area contributed by atoms with Crippen molar-refractivity contribution in [3.05, 3.63) is 86.4 Å². The van der Waals surface area contributed by atoms with E-state index in [1.807, 2.05) is 24.3 Å². The third-order valence-corrected chi connectivity index (χ3v) is 6.18. The van der Waals surface area contributed by atoms with Crippen molar-refractivity contribution in [3.8, 4) is 10.6 Å². The van der Waals surface area contributed by atoms with Gasteiger partial charge in [-0.25, -0.2) is 4.98 Å². The number of carbonyl (C=O) groups is 1. The first-order valence-corrected chi connectivity index (χ1v) is 11.0. The van der Waals surface area contributed by atoms with Crippen molar-refractivity contribution in [2.75, 3.05) is 5.32 Å². The SMILES string of the molecule is O=C(NC(=S)Nc1c(Cl)cc(Cl)cc1-c1nc2ccccc2s1)c1ccccc1[N+](=O)[O-]. The highest BCUT2D eigenvalue weighted by Crippen LogP contribution is 2.40. The van der Waals surface area contributed by atoms with Crippen molar-refractivity contribution in [2.45, 2.75) is 0 Å². The first-order chi connectivity index (χ1) is 15.3. The number of nitrogens with zero attached hydrogens (tertiary/aromatic N) is 2. The Morgan fingerprint density at radius 2 is 1.81 bits per heavy atom. The number of nitro groups is 1. The van der Waals surface area contributed by atoms with Gasteiger partial charge in [-0.2, -0.15) is 0 Å². The average Bonchev–Trinajstić information content (AvgIpc) is 3.19. The topological polar surface area (TPSA) is 97.2 Å². The summed E-state index contributed by atoms with van der Waals surface area (Å²) in [6, 6.07) is 16.5. The maximum atomic E-state index is 12.6. The Morgan fingerprint density at radius 3 is 2.56 bits per heavy atom. The third kappa shape index (κ3) is 4.56. The number of rotatable bonds is 4. The lowest BCUT2D eigenvalue weighted by Crippen LogP contribution is -2.34. The average molecular weight is 503 g/mol. The number of hydrogen-bond acceptors (Lipinski definition) is 6. The Kier molecular flexibility index (Phi) is 6.33. The number of amides is 1. The molecule has 0 spiro atoms.